The van der Waals surface area contributed by atoms with E-state index in [0.717, 1.165) is 70.6 Å². The Balaban J connectivity index is 2.39. The maximum atomic E-state index is 12.7. The fourth-order valence-corrected chi connectivity index (χ4v) is 6.11. The summed E-state index contributed by atoms with van der Waals surface area (Å²) < 4.78 is 22.1. The Labute approximate surface area is 321 Å². The molecule has 1 aliphatic rings. The summed E-state index contributed by atoms with van der Waals surface area (Å²) in [5.41, 5.74) is 0. The first-order valence-corrected chi connectivity index (χ1v) is 21.1. The van der Waals surface area contributed by atoms with Crippen LogP contribution >= 0.6 is 0 Å². The van der Waals surface area contributed by atoms with Crippen molar-refractivity contribution in [2.45, 2.75) is 205 Å². The highest BCUT2D eigenvalue weighted by Crippen LogP contribution is 2.22. The predicted octanol–water partition coefficient (Wildman–Crippen LogP) is 8.33. The van der Waals surface area contributed by atoms with Crippen molar-refractivity contribution in [1.82, 2.24) is 0 Å². The summed E-state index contributed by atoms with van der Waals surface area (Å²) in [4.78, 5) is 25.2. The van der Waals surface area contributed by atoms with E-state index in [9.17, 15) is 30.0 Å². The van der Waals surface area contributed by atoms with Crippen LogP contribution in [0.2, 0.25) is 0 Å². The molecule has 6 atom stereocenters. The Morgan fingerprint density at radius 2 is 1.06 bits per heavy atom. The van der Waals surface area contributed by atoms with E-state index in [1.54, 1.807) is 0 Å². The molecule has 4 N–H and O–H groups in total. The molecule has 1 rings (SSSR count). The number of unbranched alkanes of at least 4 members (excludes halogenated alkanes) is 18. The average Bonchev–Trinajstić information content (AvgIpc) is 3.15. The van der Waals surface area contributed by atoms with E-state index in [1.165, 1.54) is 57.8 Å². The van der Waals surface area contributed by atoms with Gasteiger partial charge in [0.1, 0.15) is 31.0 Å². The van der Waals surface area contributed by atoms with E-state index in [1.807, 2.05) is 0 Å². The number of aliphatic hydroxyl groups excluding tert-OH is 4. The molecule has 2 unspecified atom stereocenters. The lowest BCUT2D eigenvalue weighted by Gasteiger charge is -2.39. The van der Waals surface area contributed by atoms with E-state index in [4.69, 9.17) is 18.9 Å². The van der Waals surface area contributed by atoms with Crippen LogP contribution in [-0.4, -0.2) is 89.0 Å². The SMILES string of the molecule is CCCCCC/C=C/C=C/CCCCCCCC(=O)O[C@H](COC(=O)CCCCCCC/C=C/CCCCCC)CO[C@@H]1O[C@H](CO)[C@H](O)C(O)C1O. The molecule has 1 heterocycles. The van der Waals surface area contributed by atoms with Gasteiger partial charge in [-0.3, -0.25) is 9.59 Å². The van der Waals surface area contributed by atoms with Gasteiger partial charge in [-0.25, -0.2) is 0 Å². The molecule has 0 aromatic carbocycles. The Kier molecular flexibility index (Phi) is 31.8. The van der Waals surface area contributed by atoms with Crippen molar-refractivity contribution in [2.24, 2.45) is 0 Å². The lowest BCUT2D eigenvalue weighted by molar-refractivity contribution is -0.305. The van der Waals surface area contributed by atoms with Gasteiger partial charge >= 0.3 is 11.9 Å². The van der Waals surface area contributed by atoms with E-state index in [-0.39, 0.29) is 26.1 Å². The zero-order valence-electron chi connectivity index (χ0n) is 33.3. The topological polar surface area (TPSA) is 152 Å². The molecule has 1 fully saturated rings. The molecule has 0 amide bonds. The van der Waals surface area contributed by atoms with Gasteiger partial charge in [0.25, 0.3) is 0 Å². The van der Waals surface area contributed by atoms with Crippen molar-refractivity contribution >= 4 is 11.9 Å². The van der Waals surface area contributed by atoms with Gasteiger partial charge in [-0.15, -0.1) is 0 Å². The summed E-state index contributed by atoms with van der Waals surface area (Å²) in [6.45, 7) is 3.35. The van der Waals surface area contributed by atoms with Gasteiger partial charge in [-0.2, -0.15) is 0 Å². The molecule has 0 aromatic heterocycles. The highest BCUT2D eigenvalue weighted by atomic mass is 16.7. The highest BCUT2D eigenvalue weighted by Gasteiger charge is 2.44. The van der Waals surface area contributed by atoms with Gasteiger partial charge in [0.2, 0.25) is 0 Å². The van der Waals surface area contributed by atoms with Gasteiger partial charge in [0.05, 0.1) is 13.2 Å². The third-order valence-electron chi connectivity index (χ3n) is 9.53. The van der Waals surface area contributed by atoms with Gasteiger partial charge < -0.3 is 39.4 Å². The Hall–Kier alpha value is -2.08. The number of esters is 2. The van der Waals surface area contributed by atoms with Crippen LogP contribution in [0.3, 0.4) is 0 Å². The molecule has 0 spiro atoms. The first-order chi connectivity index (χ1) is 25.8. The number of rotatable bonds is 34. The minimum atomic E-state index is -1.60. The number of allylic oxidation sites excluding steroid dienone is 6. The smallest absolute Gasteiger partial charge is 0.306 e. The van der Waals surface area contributed by atoms with Crippen molar-refractivity contribution in [3.8, 4) is 0 Å². The molecular formula is C43H76O10. The minimum absolute atomic E-state index is 0.211. The quantitative estimate of drug-likeness (QED) is 0.0219. The van der Waals surface area contributed by atoms with Gasteiger partial charge in [0.15, 0.2) is 12.4 Å². The molecule has 0 radical (unpaired) electrons. The van der Waals surface area contributed by atoms with Crippen molar-refractivity contribution in [3.05, 3.63) is 36.5 Å². The van der Waals surface area contributed by atoms with Crippen molar-refractivity contribution in [1.29, 1.82) is 0 Å². The normalized spacial score (nSPS) is 21.2. The largest absolute Gasteiger partial charge is 0.462 e. The van der Waals surface area contributed by atoms with Crippen LogP contribution in [0.1, 0.15) is 168 Å². The van der Waals surface area contributed by atoms with E-state index < -0.39 is 55.4 Å². The first kappa shape index (κ1) is 48.9. The summed E-state index contributed by atoms with van der Waals surface area (Å²) in [7, 11) is 0. The number of aliphatic hydroxyl groups is 4. The van der Waals surface area contributed by atoms with Crippen LogP contribution in [0.5, 0.6) is 0 Å². The Morgan fingerprint density at radius 1 is 0.585 bits per heavy atom. The summed E-state index contributed by atoms with van der Waals surface area (Å²) in [6.07, 6.45) is 30.0. The van der Waals surface area contributed by atoms with Crippen LogP contribution in [0, 0.1) is 0 Å². The zero-order valence-corrected chi connectivity index (χ0v) is 33.3. The highest BCUT2D eigenvalue weighted by molar-refractivity contribution is 5.70. The van der Waals surface area contributed by atoms with Gasteiger partial charge in [-0.1, -0.05) is 127 Å². The molecule has 1 aliphatic heterocycles. The van der Waals surface area contributed by atoms with Crippen molar-refractivity contribution < 1.29 is 49.0 Å². The number of ether oxygens (including phenoxy) is 4. The standard InChI is InChI=1S/C43H76O10/c1-3-5-7-9-11-13-15-17-18-20-22-24-26-28-30-32-39(46)52-36(35-51-43-42(49)41(48)40(47)37(33-44)53-43)34-50-38(45)31-29-27-25-23-21-19-16-14-12-10-8-6-4-2/h13-18,36-37,40-44,47-49H,3-12,19-35H2,1-2H3/b15-13+,16-14+,18-17+/t36-,37-,40+,41?,42?,43-/m1/s1. The summed E-state index contributed by atoms with van der Waals surface area (Å²) in [5, 5.41) is 40.0. The number of carbonyl (C=O) groups excluding carboxylic acids is 2. The summed E-state index contributed by atoms with van der Waals surface area (Å²) in [5.74, 6) is -0.836. The molecule has 1 saturated heterocycles. The number of hydrogen-bond acceptors (Lipinski definition) is 10. The molecule has 10 nitrogen and oxygen atoms in total. The van der Waals surface area contributed by atoms with Crippen LogP contribution in [0.25, 0.3) is 0 Å². The van der Waals surface area contributed by atoms with Gasteiger partial charge in [0, 0.05) is 12.8 Å². The Morgan fingerprint density at radius 3 is 1.58 bits per heavy atom. The zero-order chi connectivity index (χ0) is 38.8. The molecule has 53 heavy (non-hydrogen) atoms. The molecule has 0 bridgehead atoms. The second-order valence-electron chi connectivity index (χ2n) is 14.5. The predicted molar refractivity (Wildman–Crippen MR) is 210 cm³/mol. The summed E-state index contributed by atoms with van der Waals surface area (Å²) >= 11 is 0. The van der Waals surface area contributed by atoms with Crippen LogP contribution < -0.4 is 0 Å². The second kappa shape index (κ2) is 34.4. The van der Waals surface area contributed by atoms with Crippen LogP contribution in [0.4, 0.5) is 0 Å². The average molecular weight is 753 g/mol. The molecule has 0 aliphatic carbocycles. The number of hydrogen-bond donors (Lipinski definition) is 4. The fourth-order valence-electron chi connectivity index (χ4n) is 6.11. The lowest BCUT2D eigenvalue weighted by atomic mass is 9.99. The van der Waals surface area contributed by atoms with E-state index >= 15 is 0 Å². The third-order valence-corrected chi connectivity index (χ3v) is 9.53. The van der Waals surface area contributed by atoms with Crippen molar-refractivity contribution in [3.63, 3.8) is 0 Å². The molecule has 10 heteroatoms. The molecule has 0 saturated carbocycles. The van der Waals surface area contributed by atoms with Gasteiger partial charge in [-0.05, 0) is 64.2 Å². The third kappa shape index (κ3) is 26.4. The molecule has 0 aromatic rings. The molecular weight excluding hydrogens is 676 g/mol. The van der Waals surface area contributed by atoms with Crippen molar-refractivity contribution in [2.75, 3.05) is 19.8 Å². The minimum Gasteiger partial charge on any atom is -0.462 e. The monoisotopic (exact) mass is 753 g/mol. The number of carbonyl (C=O) groups is 2. The van der Waals surface area contributed by atoms with E-state index in [2.05, 4.69) is 50.3 Å². The fraction of sp³-hybridized carbons (Fsp3) is 0.814. The lowest BCUT2D eigenvalue weighted by Crippen LogP contribution is -2.59. The Bertz CT molecular complexity index is 965. The molecule has 308 valence electrons. The van der Waals surface area contributed by atoms with Crippen LogP contribution in [0.15, 0.2) is 36.5 Å². The summed E-state index contributed by atoms with van der Waals surface area (Å²) in [6, 6.07) is 0. The maximum Gasteiger partial charge on any atom is 0.306 e. The van der Waals surface area contributed by atoms with Crippen LogP contribution in [-0.2, 0) is 28.5 Å². The second-order valence-corrected chi connectivity index (χ2v) is 14.5. The first-order valence-electron chi connectivity index (χ1n) is 21.1. The van der Waals surface area contributed by atoms with E-state index in [0.29, 0.717) is 12.8 Å². The maximum absolute atomic E-state index is 12.7.